The Morgan fingerprint density at radius 3 is 1.41 bits per heavy atom. The summed E-state index contributed by atoms with van der Waals surface area (Å²) in [5.74, 6) is 0. The molecule has 0 aromatic rings. The molecular formula is C21H38O16. The summed E-state index contributed by atoms with van der Waals surface area (Å²) in [6, 6.07) is 0. The summed E-state index contributed by atoms with van der Waals surface area (Å²) in [5, 5.41) is 101. The van der Waals surface area contributed by atoms with Crippen LogP contribution in [0.3, 0.4) is 0 Å². The lowest BCUT2D eigenvalue weighted by atomic mass is 9.96. The molecule has 0 aliphatic carbocycles. The zero-order valence-corrected chi connectivity index (χ0v) is 20.1. The standard InChI is InChI=1S/C21H38O16/c1-2-3-32-20-17(14(29)11(26)8(5-23)34-20)37-21-18(15(30)12(27)9(6-24)35-21)36-19-16(31)13(28)10(25)7(4-22)33-19/h7-31H,2-6H2,1H3. The van der Waals surface area contributed by atoms with E-state index in [1.54, 1.807) is 6.92 Å². The number of hydrogen-bond acceptors (Lipinski definition) is 16. The normalized spacial score (nSPS) is 49.2. The average molecular weight is 547 g/mol. The maximum Gasteiger partial charge on any atom is 0.187 e. The van der Waals surface area contributed by atoms with Crippen LogP contribution in [0.2, 0.25) is 0 Å². The van der Waals surface area contributed by atoms with Gasteiger partial charge in [0.05, 0.1) is 19.8 Å². The Kier molecular flexibility index (Phi) is 11.4. The van der Waals surface area contributed by atoms with Crippen LogP contribution in [0.25, 0.3) is 0 Å². The zero-order valence-electron chi connectivity index (χ0n) is 20.1. The number of rotatable bonds is 10. The predicted molar refractivity (Wildman–Crippen MR) is 115 cm³/mol. The van der Waals surface area contributed by atoms with Crippen LogP contribution in [0.15, 0.2) is 0 Å². The number of aliphatic hydroxyl groups is 10. The molecule has 0 radical (unpaired) electrons. The average Bonchev–Trinajstić information content (AvgIpc) is 2.90. The van der Waals surface area contributed by atoms with Gasteiger partial charge in [-0.15, -0.1) is 0 Å². The van der Waals surface area contributed by atoms with Crippen molar-refractivity contribution in [2.24, 2.45) is 0 Å². The molecule has 0 aromatic heterocycles. The number of aliphatic hydroxyl groups excluding tert-OH is 10. The molecule has 37 heavy (non-hydrogen) atoms. The second-order valence-electron chi connectivity index (χ2n) is 9.18. The van der Waals surface area contributed by atoms with Gasteiger partial charge in [0.15, 0.2) is 18.9 Å². The summed E-state index contributed by atoms with van der Waals surface area (Å²) >= 11 is 0. The smallest absolute Gasteiger partial charge is 0.187 e. The first kappa shape index (κ1) is 30.9. The summed E-state index contributed by atoms with van der Waals surface area (Å²) in [6.45, 7) is -0.222. The van der Waals surface area contributed by atoms with Gasteiger partial charge in [-0.1, -0.05) is 6.92 Å². The summed E-state index contributed by atoms with van der Waals surface area (Å²) < 4.78 is 33.3. The van der Waals surface area contributed by atoms with E-state index in [9.17, 15) is 51.1 Å². The molecule has 15 atom stereocenters. The first-order chi connectivity index (χ1) is 17.6. The summed E-state index contributed by atoms with van der Waals surface area (Å²) in [5.41, 5.74) is 0. The van der Waals surface area contributed by atoms with Crippen molar-refractivity contribution >= 4 is 0 Å². The van der Waals surface area contributed by atoms with Crippen molar-refractivity contribution in [1.82, 2.24) is 0 Å². The quantitative estimate of drug-likeness (QED) is 0.122. The molecule has 10 N–H and O–H groups in total. The van der Waals surface area contributed by atoms with Crippen LogP contribution in [0, 0.1) is 0 Å². The highest BCUT2D eigenvalue weighted by Gasteiger charge is 2.54. The summed E-state index contributed by atoms with van der Waals surface area (Å²) in [4.78, 5) is 0. The number of hydrogen-bond donors (Lipinski definition) is 10. The minimum atomic E-state index is -1.87. The van der Waals surface area contributed by atoms with Gasteiger partial charge in [0, 0.05) is 6.61 Å². The van der Waals surface area contributed by atoms with Gasteiger partial charge in [0.1, 0.15) is 73.2 Å². The summed E-state index contributed by atoms with van der Waals surface area (Å²) in [7, 11) is 0. The zero-order chi connectivity index (χ0) is 27.4. The van der Waals surface area contributed by atoms with Crippen LogP contribution < -0.4 is 0 Å². The van der Waals surface area contributed by atoms with Gasteiger partial charge >= 0.3 is 0 Å². The molecule has 15 unspecified atom stereocenters. The van der Waals surface area contributed by atoms with Gasteiger partial charge in [-0.05, 0) is 6.42 Å². The Balaban J connectivity index is 1.86. The number of ether oxygens (including phenoxy) is 6. The maximum absolute atomic E-state index is 10.8. The van der Waals surface area contributed by atoms with E-state index in [0.29, 0.717) is 6.42 Å². The van der Waals surface area contributed by atoms with Gasteiger partial charge in [-0.25, -0.2) is 0 Å². The molecule has 0 spiro atoms. The molecule has 3 aliphatic heterocycles. The monoisotopic (exact) mass is 546 g/mol. The van der Waals surface area contributed by atoms with Gasteiger partial charge in [0.25, 0.3) is 0 Å². The Morgan fingerprint density at radius 2 is 0.919 bits per heavy atom. The van der Waals surface area contributed by atoms with E-state index in [4.69, 9.17) is 28.4 Å². The van der Waals surface area contributed by atoms with Crippen LogP contribution in [0.4, 0.5) is 0 Å². The fraction of sp³-hybridized carbons (Fsp3) is 1.00. The molecule has 0 saturated carbocycles. The van der Waals surface area contributed by atoms with E-state index < -0.39 is 112 Å². The Bertz CT molecular complexity index is 685. The van der Waals surface area contributed by atoms with E-state index in [0.717, 1.165) is 0 Å². The molecular weight excluding hydrogens is 508 g/mol. The molecule has 0 aromatic carbocycles. The summed E-state index contributed by atoms with van der Waals surface area (Å²) in [6.07, 6.45) is -23.6. The minimum absolute atomic E-state index is 0.141. The molecule has 3 rings (SSSR count). The minimum Gasteiger partial charge on any atom is -0.394 e. The van der Waals surface area contributed by atoms with Crippen molar-refractivity contribution in [2.75, 3.05) is 26.4 Å². The Hall–Kier alpha value is -0.640. The Morgan fingerprint density at radius 1 is 0.514 bits per heavy atom. The van der Waals surface area contributed by atoms with Crippen LogP contribution in [-0.2, 0) is 28.4 Å². The lowest BCUT2D eigenvalue weighted by molar-refractivity contribution is -0.393. The largest absolute Gasteiger partial charge is 0.394 e. The first-order valence-electron chi connectivity index (χ1n) is 12.1. The second-order valence-corrected chi connectivity index (χ2v) is 9.18. The highest BCUT2D eigenvalue weighted by molar-refractivity contribution is 4.96. The molecule has 3 heterocycles. The van der Waals surface area contributed by atoms with Crippen LogP contribution in [0.5, 0.6) is 0 Å². The lowest BCUT2D eigenvalue weighted by Gasteiger charge is -2.48. The van der Waals surface area contributed by atoms with Gasteiger partial charge < -0.3 is 79.5 Å². The maximum atomic E-state index is 10.8. The molecule has 16 heteroatoms. The molecule has 3 fully saturated rings. The molecule has 0 bridgehead atoms. The van der Waals surface area contributed by atoms with Crippen LogP contribution in [0.1, 0.15) is 13.3 Å². The van der Waals surface area contributed by atoms with Gasteiger partial charge in [-0.3, -0.25) is 0 Å². The van der Waals surface area contributed by atoms with Crippen LogP contribution in [-0.4, -0.2) is 170 Å². The van der Waals surface area contributed by atoms with E-state index in [2.05, 4.69) is 0 Å². The van der Waals surface area contributed by atoms with Crippen LogP contribution >= 0.6 is 0 Å². The fourth-order valence-electron chi connectivity index (χ4n) is 4.37. The van der Waals surface area contributed by atoms with Crippen molar-refractivity contribution in [1.29, 1.82) is 0 Å². The second kappa shape index (κ2) is 13.6. The third-order valence-electron chi connectivity index (χ3n) is 6.57. The van der Waals surface area contributed by atoms with Crippen molar-refractivity contribution in [3.63, 3.8) is 0 Å². The Labute approximate surface area is 212 Å². The highest BCUT2D eigenvalue weighted by Crippen LogP contribution is 2.33. The fourth-order valence-corrected chi connectivity index (χ4v) is 4.37. The van der Waals surface area contributed by atoms with E-state index in [-0.39, 0.29) is 6.61 Å². The van der Waals surface area contributed by atoms with E-state index in [1.165, 1.54) is 0 Å². The van der Waals surface area contributed by atoms with Crippen molar-refractivity contribution < 1.29 is 79.5 Å². The molecule has 3 saturated heterocycles. The lowest BCUT2D eigenvalue weighted by Crippen LogP contribution is -2.67. The van der Waals surface area contributed by atoms with Crippen molar-refractivity contribution in [3.05, 3.63) is 0 Å². The first-order valence-corrected chi connectivity index (χ1v) is 12.1. The molecule has 3 aliphatic rings. The molecule has 0 amide bonds. The third-order valence-corrected chi connectivity index (χ3v) is 6.57. The highest BCUT2D eigenvalue weighted by atomic mass is 16.8. The predicted octanol–water partition coefficient (Wildman–Crippen LogP) is -6.14. The van der Waals surface area contributed by atoms with Crippen molar-refractivity contribution in [3.8, 4) is 0 Å². The molecule has 218 valence electrons. The molecule has 16 nitrogen and oxygen atoms in total. The van der Waals surface area contributed by atoms with Crippen molar-refractivity contribution in [2.45, 2.75) is 105 Å². The topological polar surface area (TPSA) is 258 Å². The van der Waals surface area contributed by atoms with Gasteiger partial charge in [0.2, 0.25) is 0 Å². The SMILES string of the molecule is CCCOC1OC(CO)C(O)C(O)C1OC1OC(CO)C(O)C(O)C1OC1OC(CO)C(O)C(O)C1O. The van der Waals surface area contributed by atoms with Gasteiger partial charge in [-0.2, -0.15) is 0 Å². The van der Waals surface area contributed by atoms with E-state index >= 15 is 0 Å². The third kappa shape index (κ3) is 6.58. The van der Waals surface area contributed by atoms with E-state index in [1.807, 2.05) is 0 Å².